The molecule has 0 aliphatic heterocycles. The first-order valence-electron chi connectivity index (χ1n) is 11.7. The highest BCUT2D eigenvalue weighted by Gasteiger charge is 2.25. The summed E-state index contributed by atoms with van der Waals surface area (Å²) in [4.78, 5) is 60.2. The van der Waals surface area contributed by atoms with Crippen molar-refractivity contribution >= 4 is 28.3 Å². The molecule has 1 amide bonds. The quantitative estimate of drug-likeness (QED) is 0.389. The topological polar surface area (TPSA) is 136 Å². The minimum atomic E-state index is -0.757. The van der Waals surface area contributed by atoms with Gasteiger partial charge in [0.05, 0.1) is 17.4 Å². The Morgan fingerprint density at radius 1 is 1.03 bits per heavy atom. The highest BCUT2D eigenvalue weighted by atomic mass is 16.2. The van der Waals surface area contributed by atoms with Crippen molar-refractivity contribution in [3.05, 3.63) is 97.2 Å². The summed E-state index contributed by atoms with van der Waals surface area (Å²) in [5.74, 6) is -0.246. The molecule has 0 fully saturated rings. The van der Waals surface area contributed by atoms with Crippen LogP contribution in [0.3, 0.4) is 0 Å². The lowest BCUT2D eigenvalue weighted by molar-refractivity contribution is -0.119. The van der Waals surface area contributed by atoms with E-state index >= 15 is 0 Å². The largest absolute Gasteiger partial charge is 0.383 e. The third kappa shape index (κ3) is 4.83. The predicted molar refractivity (Wildman–Crippen MR) is 139 cm³/mol. The summed E-state index contributed by atoms with van der Waals surface area (Å²) in [5, 5.41) is 0.393. The zero-order valence-electron chi connectivity index (χ0n) is 20.2. The van der Waals surface area contributed by atoms with Gasteiger partial charge in [0, 0.05) is 6.54 Å². The monoisotopic (exact) mass is 488 g/mol. The van der Waals surface area contributed by atoms with Crippen LogP contribution in [0.15, 0.2) is 69.0 Å². The minimum absolute atomic E-state index is 0.108. The van der Waals surface area contributed by atoms with E-state index in [0.29, 0.717) is 23.1 Å². The summed E-state index contributed by atoms with van der Waals surface area (Å²) >= 11 is 0. The maximum absolute atomic E-state index is 13.6. The number of hydrogen-bond acceptors (Lipinski definition) is 6. The number of carbonyl (C=O) groups excluding carboxylic acids is 1. The second-order valence-corrected chi connectivity index (χ2v) is 8.53. The summed E-state index contributed by atoms with van der Waals surface area (Å²) in [7, 11) is 0. The van der Waals surface area contributed by atoms with Crippen LogP contribution in [0.2, 0.25) is 0 Å². The van der Waals surface area contributed by atoms with Crippen LogP contribution in [0.1, 0.15) is 31.2 Å². The van der Waals surface area contributed by atoms with Crippen molar-refractivity contribution in [1.82, 2.24) is 19.1 Å². The number of aryl methyl sites for hydroxylation is 1. The van der Waals surface area contributed by atoms with Crippen molar-refractivity contribution in [2.45, 2.75) is 39.8 Å². The van der Waals surface area contributed by atoms with Gasteiger partial charge in [-0.3, -0.25) is 28.5 Å². The number of aromatic amines is 1. The van der Waals surface area contributed by atoms with E-state index in [9.17, 15) is 19.2 Å². The summed E-state index contributed by atoms with van der Waals surface area (Å²) in [6.07, 6.45) is 1.34. The van der Waals surface area contributed by atoms with Crippen LogP contribution < -0.4 is 27.4 Å². The fourth-order valence-corrected chi connectivity index (χ4v) is 4.12. The van der Waals surface area contributed by atoms with E-state index in [2.05, 4.69) is 9.97 Å². The second-order valence-electron chi connectivity index (χ2n) is 8.53. The van der Waals surface area contributed by atoms with Gasteiger partial charge in [-0.05, 0) is 31.0 Å². The number of para-hydroxylation sites is 1. The number of nitrogens with two attached hydrogens (primary N) is 1. The highest BCUT2D eigenvalue weighted by Crippen LogP contribution is 2.19. The summed E-state index contributed by atoms with van der Waals surface area (Å²) in [6, 6.07) is 16.1. The predicted octanol–water partition coefficient (Wildman–Crippen LogP) is 2.02. The zero-order valence-corrected chi connectivity index (χ0v) is 20.2. The number of H-pyrrole nitrogens is 1. The van der Waals surface area contributed by atoms with Crippen LogP contribution in [0.5, 0.6) is 0 Å². The Morgan fingerprint density at radius 2 is 1.72 bits per heavy atom. The molecule has 10 heteroatoms. The zero-order chi connectivity index (χ0) is 25.8. The molecule has 0 unspecified atom stereocenters. The third-order valence-electron chi connectivity index (χ3n) is 6.05. The van der Waals surface area contributed by atoms with Crippen molar-refractivity contribution in [3.63, 3.8) is 0 Å². The van der Waals surface area contributed by atoms with Gasteiger partial charge in [-0.25, -0.2) is 9.78 Å². The third-order valence-corrected chi connectivity index (χ3v) is 6.05. The molecule has 0 aliphatic carbocycles. The number of carbonyl (C=O) groups is 1. The number of benzene rings is 2. The van der Waals surface area contributed by atoms with Gasteiger partial charge >= 0.3 is 5.69 Å². The van der Waals surface area contributed by atoms with Crippen molar-refractivity contribution in [1.29, 1.82) is 0 Å². The van der Waals surface area contributed by atoms with Gasteiger partial charge in [-0.2, -0.15) is 0 Å². The van der Waals surface area contributed by atoms with Gasteiger partial charge in [-0.15, -0.1) is 0 Å². The molecule has 10 nitrogen and oxygen atoms in total. The molecule has 186 valence electrons. The van der Waals surface area contributed by atoms with Crippen LogP contribution in [-0.4, -0.2) is 31.6 Å². The van der Waals surface area contributed by atoms with Crippen LogP contribution in [0, 0.1) is 6.92 Å². The lowest BCUT2D eigenvalue weighted by Gasteiger charge is -2.25. The number of nitrogen functional groups attached to an aromatic ring is 1. The molecule has 0 radical (unpaired) electrons. The van der Waals surface area contributed by atoms with Crippen LogP contribution in [-0.2, 0) is 17.9 Å². The molecule has 2 aromatic carbocycles. The molecule has 0 saturated heterocycles. The van der Waals surface area contributed by atoms with E-state index in [1.165, 1.54) is 14.0 Å². The van der Waals surface area contributed by atoms with E-state index in [-0.39, 0.29) is 36.7 Å². The molecule has 36 heavy (non-hydrogen) atoms. The number of aromatic nitrogens is 4. The molecule has 4 aromatic rings. The molecule has 3 N–H and O–H groups in total. The Morgan fingerprint density at radius 3 is 2.44 bits per heavy atom. The van der Waals surface area contributed by atoms with E-state index in [1.807, 2.05) is 37.3 Å². The van der Waals surface area contributed by atoms with Gasteiger partial charge in [0.2, 0.25) is 5.91 Å². The average Bonchev–Trinajstić information content (AvgIpc) is 2.86. The standard InChI is InChI=1S/C26H28N6O4/c1-3-4-14-30(21(33)16-31-17(2)28-20-13-9-8-12-19(20)25(31)35)22-23(27)32(26(36)29-24(22)34)15-18-10-6-5-7-11-18/h5-13H,3-4,14-16,27H2,1-2H3,(H,29,34,36). The number of fused-ring (bicyclic) bond motifs is 1. The minimum Gasteiger partial charge on any atom is -0.383 e. The van der Waals surface area contributed by atoms with Crippen molar-refractivity contribution in [3.8, 4) is 0 Å². The Hall–Kier alpha value is -4.47. The number of nitrogens with one attached hydrogen (secondary N) is 1. The fourth-order valence-electron chi connectivity index (χ4n) is 4.12. The molecule has 0 aliphatic rings. The fraction of sp³-hybridized carbons (Fsp3) is 0.269. The maximum atomic E-state index is 13.6. The number of nitrogens with zero attached hydrogens (tertiary/aromatic N) is 4. The number of hydrogen-bond donors (Lipinski definition) is 2. The summed E-state index contributed by atoms with van der Waals surface area (Å²) < 4.78 is 2.52. The van der Waals surface area contributed by atoms with E-state index in [4.69, 9.17) is 5.73 Å². The molecule has 0 saturated carbocycles. The lowest BCUT2D eigenvalue weighted by Crippen LogP contribution is -2.44. The number of unbranched alkanes of at least 4 members (excludes halogenated alkanes) is 1. The molecular formula is C26H28N6O4. The SMILES string of the molecule is CCCCN(C(=O)Cn1c(C)nc2ccccc2c1=O)c1c(N)n(Cc2ccccc2)c(=O)[nH]c1=O. The maximum Gasteiger partial charge on any atom is 0.330 e. The van der Waals surface area contributed by atoms with Gasteiger partial charge < -0.3 is 10.6 Å². The molecule has 0 atom stereocenters. The molecule has 2 aromatic heterocycles. The highest BCUT2D eigenvalue weighted by molar-refractivity contribution is 5.95. The van der Waals surface area contributed by atoms with Gasteiger partial charge in [0.1, 0.15) is 18.2 Å². The molecule has 4 rings (SSSR count). The second kappa shape index (κ2) is 10.4. The first-order chi connectivity index (χ1) is 17.3. The number of amides is 1. The average molecular weight is 489 g/mol. The van der Waals surface area contributed by atoms with E-state index < -0.39 is 17.2 Å². The van der Waals surface area contributed by atoms with Gasteiger partial charge in [-0.1, -0.05) is 55.8 Å². The van der Waals surface area contributed by atoms with Crippen LogP contribution >= 0.6 is 0 Å². The van der Waals surface area contributed by atoms with Crippen LogP contribution in [0.4, 0.5) is 11.5 Å². The Bertz CT molecular complexity index is 1590. The van der Waals surface area contributed by atoms with E-state index in [1.54, 1.807) is 31.2 Å². The van der Waals surface area contributed by atoms with Gasteiger partial charge in [0.15, 0.2) is 5.69 Å². The van der Waals surface area contributed by atoms with Crippen molar-refractivity contribution in [2.75, 3.05) is 17.2 Å². The Balaban J connectivity index is 1.77. The Kier molecular flexibility index (Phi) is 7.14. The molecule has 2 heterocycles. The van der Waals surface area contributed by atoms with Crippen molar-refractivity contribution < 1.29 is 4.79 Å². The lowest BCUT2D eigenvalue weighted by atomic mass is 10.2. The summed E-state index contributed by atoms with van der Waals surface area (Å²) in [6.45, 7) is 3.59. The first kappa shape index (κ1) is 24.6. The van der Waals surface area contributed by atoms with E-state index in [0.717, 1.165) is 12.0 Å². The molecule has 0 spiro atoms. The Labute approximate surface area is 206 Å². The number of rotatable bonds is 8. The normalized spacial score (nSPS) is 11.1. The number of anilines is 2. The summed E-state index contributed by atoms with van der Waals surface area (Å²) in [5.41, 5.74) is 5.80. The smallest absolute Gasteiger partial charge is 0.330 e. The molecular weight excluding hydrogens is 460 g/mol. The van der Waals surface area contributed by atoms with Gasteiger partial charge in [0.25, 0.3) is 11.1 Å². The van der Waals surface area contributed by atoms with Crippen molar-refractivity contribution in [2.24, 2.45) is 0 Å². The molecule has 0 bridgehead atoms. The first-order valence-corrected chi connectivity index (χ1v) is 11.7. The van der Waals surface area contributed by atoms with Crippen LogP contribution in [0.25, 0.3) is 10.9 Å².